The van der Waals surface area contributed by atoms with Gasteiger partial charge < -0.3 is 4.74 Å². The Bertz CT molecular complexity index is 421. The van der Waals surface area contributed by atoms with E-state index in [1.54, 1.807) is 0 Å². The molecule has 0 heterocycles. The van der Waals surface area contributed by atoms with E-state index in [-0.39, 0.29) is 5.97 Å². The predicted octanol–water partition coefficient (Wildman–Crippen LogP) is 2.94. The van der Waals surface area contributed by atoms with Gasteiger partial charge in [0.25, 0.3) is 0 Å². The van der Waals surface area contributed by atoms with Crippen LogP contribution in [0.1, 0.15) is 25.3 Å². The first-order valence-corrected chi connectivity index (χ1v) is 5.73. The highest BCUT2D eigenvalue weighted by Crippen LogP contribution is 1.94. The van der Waals surface area contributed by atoms with Gasteiger partial charge in [-0.25, -0.2) is 4.79 Å². The number of rotatable bonds is 4. The first-order chi connectivity index (χ1) is 8.33. The zero-order valence-electron chi connectivity index (χ0n) is 9.98. The molecule has 1 aromatic carbocycles. The van der Waals surface area contributed by atoms with Gasteiger partial charge in [-0.05, 0) is 24.6 Å². The zero-order chi connectivity index (χ0) is 12.3. The first-order valence-electron chi connectivity index (χ1n) is 5.73. The molecule has 0 atom stereocenters. The summed E-state index contributed by atoms with van der Waals surface area (Å²) in [7, 11) is 0. The molecule has 0 radical (unpaired) electrons. The largest absolute Gasteiger partial charge is 0.463 e. The molecule has 0 spiro atoms. The van der Waals surface area contributed by atoms with Gasteiger partial charge in [0, 0.05) is 11.6 Å². The summed E-state index contributed by atoms with van der Waals surface area (Å²) in [6.07, 6.45) is 4.78. The topological polar surface area (TPSA) is 26.3 Å². The van der Waals surface area contributed by atoms with E-state index in [4.69, 9.17) is 4.74 Å². The van der Waals surface area contributed by atoms with E-state index >= 15 is 0 Å². The third kappa shape index (κ3) is 6.21. The normalized spacial score (nSPS) is 9.71. The highest BCUT2D eigenvalue weighted by atomic mass is 16.5. The Balaban J connectivity index is 2.35. The van der Waals surface area contributed by atoms with Crippen LogP contribution >= 0.6 is 0 Å². The Labute approximate surface area is 102 Å². The molecule has 1 aromatic rings. The Morgan fingerprint density at radius 2 is 2.12 bits per heavy atom. The fourth-order valence-electron chi connectivity index (χ4n) is 1.12. The van der Waals surface area contributed by atoms with Crippen LogP contribution in [-0.4, -0.2) is 12.6 Å². The van der Waals surface area contributed by atoms with Gasteiger partial charge in [0.1, 0.15) is 0 Å². The zero-order valence-corrected chi connectivity index (χ0v) is 9.98. The number of hydrogen-bond acceptors (Lipinski definition) is 2. The Morgan fingerprint density at radius 1 is 1.35 bits per heavy atom. The number of benzene rings is 1. The molecule has 0 unspecified atom stereocenters. The summed E-state index contributed by atoms with van der Waals surface area (Å²) in [6, 6.07) is 9.62. The number of carbonyl (C=O) groups excluding carboxylic acids is 1. The van der Waals surface area contributed by atoms with Gasteiger partial charge >= 0.3 is 5.97 Å². The summed E-state index contributed by atoms with van der Waals surface area (Å²) in [5, 5.41) is 0. The number of allylic oxidation sites excluding steroid dienone is 1. The fourth-order valence-corrected chi connectivity index (χ4v) is 1.12. The summed E-state index contributed by atoms with van der Waals surface area (Å²) in [4.78, 5) is 11.2. The van der Waals surface area contributed by atoms with Crippen molar-refractivity contribution in [2.45, 2.75) is 19.8 Å². The first kappa shape index (κ1) is 13.1. The van der Waals surface area contributed by atoms with Crippen molar-refractivity contribution in [1.82, 2.24) is 0 Å². The molecule has 0 aliphatic rings. The highest BCUT2D eigenvalue weighted by molar-refractivity contribution is 5.82. The van der Waals surface area contributed by atoms with Gasteiger partial charge in [0.2, 0.25) is 0 Å². The molecular weight excluding hydrogens is 212 g/mol. The van der Waals surface area contributed by atoms with E-state index in [2.05, 4.69) is 18.8 Å². The number of ether oxygens (including phenoxy) is 1. The van der Waals surface area contributed by atoms with Crippen LogP contribution in [0.5, 0.6) is 0 Å². The molecule has 0 saturated carbocycles. The fraction of sp³-hybridized carbons (Fsp3) is 0.267. The van der Waals surface area contributed by atoms with Crippen LogP contribution in [0.2, 0.25) is 0 Å². The Kier molecular flexibility index (Phi) is 6.28. The standard InChI is InChI=1S/C15H16O2/c1-2-3-13-17-15(16)12-8-7-11-14-9-5-4-6-10-14/h4-6,8-10,12H,2-3,13H2,1H3/b12-8+. The molecule has 17 heavy (non-hydrogen) atoms. The van der Waals surface area contributed by atoms with E-state index < -0.39 is 0 Å². The van der Waals surface area contributed by atoms with E-state index in [1.807, 2.05) is 30.3 Å². The highest BCUT2D eigenvalue weighted by Gasteiger charge is 1.93. The minimum atomic E-state index is -0.333. The van der Waals surface area contributed by atoms with Crippen LogP contribution in [-0.2, 0) is 9.53 Å². The van der Waals surface area contributed by atoms with Crippen LogP contribution in [0, 0.1) is 11.8 Å². The van der Waals surface area contributed by atoms with Crippen LogP contribution < -0.4 is 0 Å². The molecule has 0 N–H and O–H groups in total. The number of carbonyl (C=O) groups is 1. The molecule has 0 aliphatic heterocycles. The quantitative estimate of drug-likeness (QED) is 0.343. The number of esters is 1. The molecule has 0 aliphatic carbocycles. The van der Waals surface area contributed by atoms with Crippen molar-refractivity contribution in [3.05, 3.63) is 48.0 Å². The van der Waals surface area contributed by atoms with E-state index in [1.165, 1.54) is 12.2 Å². The molecular formula is C15H16O2. The molecule has 0 fully saturated rings. The second-order valence-corrected chi connectivity index (χ2v) is 3.49. The minimum Gasteiger partial charge on any atom is -0.463 e. The molecule has 2 nitrogen and oxygen atoms in total. The van der Waals surface area contributed by atoms with Gasteiger partial charge in [0.05, 0.1) is 6.61 Å². The maximum atomic E-state index is 11.2. The lowest BCUT2D eigenvalue weighted by atomic mass is 10.2. The number of hydrogen-bond donors (Lipinski definition) is 0. The summed E-state index contributed by atoms with van der Waals surface area (Å²) < 4.78 is 4.94. The third-order valence-corrected chi connectivity index (χ3v) is 2.04. The van der Waals surface area contributed by atoms with Crippen LogP contribution in [0.15, 0.2) is 42.5 Å². The minimum absolute atomic E-state index is 0.333. The van der Waals surface area contributed by atoms with Crippen molar-refractivity contribution in [2.75, 3.05) is 6.61 Å². The maximum Gasteiger partial charge on any atom is 0.331 e. The van der Waals surface area contributed by atoms with Gasteiger partial charge in [-0.2, -0.15) is 0 Å². The summed E-state index contributed by atoms with van der Waals surface area (Å²) in [6.45, 7) is 2.53. The van der Waals surface area contributed by atoms with Gasteiger partial charge in [0.15, 0.2) is 0 Å². The van der Waals surface area contributed by atoms with Crippen molar-refractivity contribution < 1.29 is 9.53 Å². The van der Waals surface area contributed by atoms with Gasteiger partial charge in [-0.3, -0.25) is 0 Å². The summed E-state index contributed by atoms with van der Waals surface area (Å²) >= 11 is 0. The summed E-state index contributed by atoms with van der Waals surface area (Å²) in [5.41, 5.74) is 0.927. The second-order valence-electron chi connectivity index (χ2n) is 3.49. The van der Waals surface area contributed by atoms with Crippen molar-refractivity contribution in [2.24, 2.45) is 0 Å². The molecule has 2 heteroatoms. The Morgan fingerprint density at radius 3 is 2.82 bits per heavy atom. The average molecular weight is 228 g/mol. The average Bonchev–Trinajstić information content (AvgIpc) is 2.36. The second kappa shape index (κ2) is 8.18. The third-order valence-electron chi connectivity index (χ3n) is 2.04. The number of unbranched alkanes of at least 4 members (excludes halogenated alkanes) is 1. The monoisotopic (exact) mass is 228 g/mol. The lowest BCUT2D eigenvalue weighted by molar-refractivity contribution is -0.137. The molecule has 0 aromatic heterocycles. The van der Waals surface area contributed by atoms with Gasteiger partial charge in [-0.1, -0.05) is 43.4 Å². The van der Waals surface area contributed by atoms with Crippen LogP contribution in [0.4, 0.5) is 0 Å². The lowest BCUT2D eigenvalue weighted by Gasteiger charge is -1.97. The van der Waals surface area contributed by atoms with Crippen molar-refractivity contribution in [1.29, 1.82) is 0 Å². The van der Waals surface area contributed by atoms with E-state index in [0.717, 1.165) is 18.4 Å². The molecule has 0 bridgehead atoms. The Hall–Kier alpha value is -2.01. The maximum absolute atomic E-state index is 11.2. The molecule has 0 amide bonds. The van der Waals surface area contributed by atoms with Crippen molar-refractivity contribution in [3.63, 3.8) is 0 Å². The summed E-state index contributed by atoms with van der Waals surface area (Å²) in [5.74, 6) is 5.38. The lowest BCUT2D eigenvalue weighted by Crippen LogP contribution is -2.01. The molecule has 88 valence electrons. The van der Waals surface area contributed by atoms with Crippen LogP contribution in [0.3, 0.4) is 0 Å². The molecule has 1 rings (SSSR count). The van der Waals surface area contributed by atoms with Crippen molar-refractivity contribution >= 4 is 5.97 Å². The van der Waals surface area contributed by atoms with Crippen molar-refractivity contribution in [3.8, 4) is 11.8 Å². The SMILES string of the molecule is CCCCOC(=O)/C=C/C#Cc1ccccc1. The van der Waals surface area contributed by atoms with E-state index in [9.17, 15) is 4.79 Å². The smallest absolute Gasteiger partial charge is 0.331 e. The van der Waals surface area contributed by atoms with Gasteiger partial charge in [-0.15, -0.1) is 0 Å². The predicted molar refractivity (Wildman–Crippen MR) is 68.3 cm³/mol. The van der Waals surface area contributed by atoms with Crippen LogP contribution in [0.25, 0.3) is 0 Å². The van der Waals surface area contributed by atoms with E-state index in [0.29, 0.717) is 6.61 Å². The molecule has 0 saturated heterocycles.